The number of carbonyl (C=O) groups is 1. The van der Waals surface area contributed by atoms with Crippen LogP contribution in [0.15, 0.2) is 18.2 Å². The second-order valence-corrected chi connectivity index (χ2v) is 8.24. The van der Waals surface area contributed by atoms with Crippen molar-refractivity contribution in [2.24, 2.45) is 5.92 Å². The van der Waals surface area contributed by atoms with Gasteiger partial charge in [-0.2, -0.15) is 0 Å². The maximum absolute atomic E-state index is 12.5. The number of hydrogen-bond donors (Lipinski definition) is 0. The van der Waals surface area contributed by atoms with Crippen LogP contribution in [0.25, 0.3) is 0 Å². The Morgan fingerprint density at radius 1 is 0.917 bits per heavy atom. The Morgan fingerprint density at radius 3 is 2.38 bits per heavy atom. The van der Waals surface area contributed by atoms with Crippen molar-refractivity contribution in [1.82, 2.24) is 0 Å². The molecule has 2 aliphatic carbocycles. The fourth-order valence-corrected chi connectivity index (χ4v) is 5.13. The molecule has 0 aromatic heterocycles. The van der Waals surface area contributed by atoms with Crippen LogP contribution < -0.4 is 4.90 Å². The lowest BCUT2D eigenvalue weighted by Gasteiger charge is -2.25. The van der Waals surface area contributed by atoms with E-state index in [0.717, 1.165) is 18.4 Å². The molecule has 1 amide bonds. The first-order chi connectivity index (χ1) is 11.8. The summed E-state index contributed by atoms with van der Waals surface area (Å²) in [6, 6.07) is 6.90. The smallest absolute Gasteiger partial charge is 0.231 e. The number of amides is 1. The van der Waals surface area contributed by atoms with Crippen molar-refractivity contribution < 1.29 is 4.79 Å². The Morgan fingerprint density at radius 2 is 1.62 bits per heavy atom. The van der Waals surface area contributed by atoms with Gasteiger partial charge in [0.25, 0.3) is 0 Å². The van der Waals surface area contributed by atoms with Gasteiger partial charge in [0, 0.05) is 12.2 Å². The van der Waals surface area contributed by atoms with Gasteiger partial charge >= 0.3 is 0 Å². The van der Waals surface area contributed by atoms with Gasteiger partial charge in [-0.1, -0.05) is 63.5 Å². The molecule has 0 N–H and O–H groups in total. The van der Waals surface area contributed by atoms with Gasteiger partial charge in [0.15, 0.2) is 0 Å². The van der Waals surface area contributed by atoms with Crippen molar-refractivity contribution in [2.45, 2.75) is 83.0 Å². The molecular weight excluding hydrogens is 294 g/mol. The Labute approximate surface area is 146 Å². The Balaban J connectivity index is 1.44. The van der Waals surface area contributed by atoms with Gasteiger partial charge in [-0.05, 0) is 48.3 Å². The number of carbonyl (C=O) groups excluding carboxylic acids is 1. The number of anilines is 1. The topological polar surface area (TPSA) is 20.3 Å². The zero-order valence-electron chi connectivity index (χ0n) is 14.9. The van der Waals surface area contributed by atoms with Crippen LogP contribution >= 0.6 is 0 Å². The zero-order chi connectivity index (χ0) is 16.4. The van der Waals surface area contributed by atoms with E-state index in [1.807, 2.05) is 0 Å². The number of rotatable bonds is 4. The highest BCUT2D eigenvalue weighted by Gasteiger charge is 2.29. The Kier molecular flexibility index (Phi) is 4.91. The molecule has 0 unspecified atom stereocenters. The highest BCUT2D eigenvalue weighted by Crippen LogP contribution is 2.37. The van der Waals surface area contributed by atoms with Gasteiger partial charge in [-0.25, -0.2) is 0 Å². The van der Waals surface area contributed by atoms with Gasteiger partial charge in [0.05, 0.1) is 6.42 Å². The minimum atomic E-state index is 0.321. The largest absolute Gasteiger partial charge is 0.312 e. The van der Waals surface area contributed by atoms with E-state index >= 15 is 0 Å². The third kappa shape index (κ3) is 3.38. The summed E-state index contributed by atoms with van der Waals surface area (Å²) >= 11 is 0. The second-order valence-electron chi connectivity index (χ2n) is 8.24. The first kappa shape index (κ1) is 16.2. The Bertz CT molecular complexity index is 582. The average molecular weight is 325 g/mol. The molecule has 2 saturated carbocycles. The normalized spacial score (nSPS) is 22.8. The molecule has 1 heterocycles. The molecule has 130 valence electrons. The van der Waals surface area contributed by atoms with Crippen molar-refractivity contribution in [3.8, 4) is 0 Å². The minimum Gasteiger partial charge on any atom is -0.312 e. The van der Waals surface area contributed by atoms with Crippen LogP contribution in [0, 0.1) is 5.92 Å². The highest BCUT2D eigenvalue weighted by molar-refractivity contribution is 6.01. The van der Waals surface area contributed by atoms with Crippen LogP contribution in [0.2, 0.25) is 0 Å². The lowest BCUT2D eigenvalue weighted by molar-refractivity contribution is -0.117. The fraction of sp³-hybridized carbons (Fsp3) is 0.682. The number of benzene rings is 1. The van der Waals surface area contributed by atoms with Crippen LogP contribution in [0.4, 0.5) is 5.69 Å². The monoisotopic (exact) mass is 325 g/mol. The summed E-state index contributed by atoms with van der Waals surface area (Å²) < 4.78 is 0. The van der Waals surface area contributed by atoms with Crippen molar-refractivity contribution in [2.75, 3.05) is 11.4 Å². The molecule has 1 aliphatic heterocycles. The van der Waals surface area contributed by atoms with Gasteiger partial charge in [0.1, 0.15) is 0 Å². The molecule has 3 aliphatic rings. The number of hydrogen-bond acceptors (Lipinski definition) is 1. The van der Waals surface area contributed by atoms with E-state index in [-0.39, 0.29) is 0 Å². The van der Waals surface area contributed by atoms with Crippen LogP contribution in [0.5, 0.6) is 0 Å². The van der Waals surface area contributed by atoms with E-state index in [2.05, 4.69) is 23.1 Å². The standard InChI is InChI=1S/C22H31NO/c24-22-16-20-15-19(18-9-5-2-6-10-18)11-12-21(20)23(22)14-13-17-7-3-1-4-8-17/h11-12,15,17-18H,1-10,13-14,16H2. The maximum Gasteiger partial charge on any atom is 0.231 e. The summed E-state index contributed by atoms with van der Waals surface area (Å²) in [5.74, 6) is 1.90. The summed E-state index contributed by atoms with van der Waals surface area (Å²) in [7, 11) is 0. The van der Waals surface area contributed by atoms with Crippen molar-refractivity contribution >= 4 is 11.6 Å². The Hall–Kier alpha value is -1.31. The van der Waals surface area contributed by atoms with Gasteiger partial charge in [-0.15, -0.1) is 0 Å². The second kappa shape index (κ2) is 7.29. The molecule has 2 heteroatoms. The van der Waals surface area contributed by atoms with E-state index in [4.69, 9.17) is 0 Å². The van der Waals surface area contributed by atoms with E-state index in [0.29, 0.717) is 12.3 Å². The maximum atomic E-state index is 12.5. The van der Waals surface area contributed by atoms with Crippen LogP contribution in [-0.4, -0.2) is 12.5 Å². The summed E-state index contributed by atoms with van der Waals surface area (Å²) in [6.45, 7) is 0.930. The molecule has 0 spiro atoms. The molecule has 24 heavy (non-hydrogen) atoms. The molecule has 0 saturated heterocycles. The van der Waals surface area contributed by atoms with Gasteiger partial charge in [-0.3, -0.25) is 4.79 Å². The van der Waals surface area contributed by atoms with E-state index in [9.17, 15) is 4.79 Å². The van der Waals surface area contributed by atoms with Gasteiger partial charge in [0.2, 0.25) is 5.91 Å². The van der Waals surface area contributed by atoms with Gasteiger partial charge < -0.3 is 4.90 Å². The summed E-state index contributed by atoms with van der Waals surface area (Å²) in [6.07, 6.45) is 15.5. The molecule has 2 nitrogen and oxygen atoms in total. The first-order valence-corrected chi connectivity index (χ1v) is 10.2. The van der Waals surface area contributed by atoms with Crippen molar-refractivity contribution in [3.05, 3.63) is 29.3 Å². The first-order valence-electron chi connectivity index (χ1n) is 10.2. The van der Waals surface area contributed by atoms with E-state index in [1.165, 1.54) is 87.4 Å². The summed E-state index contributed by atoms with van der Waals surface area (Å²) in [5, 5.41) is 0. The van der Waals surface area contributed by atoms with Crippen molar-refractivity contribution in [1.29, 1.82) is 0 Å². The molecule has 2 fully saturated rings. The predicted octanol–water partition coefficient (Wildman–Crippen LogP) is 5.59. The van der Waals surface area contributed by atoms with Crippen LogP contribution in [0.3, 0.4) is 0 Å². The third-order valence-corrected chi connectivity index (χ3v) is 6.60. The quantitative estimate of drug-likeness (QED) is 0.706. The lowest BCUT2D eigenvalue weighted by atomic mass is 9.83. The molecular formula is C22H31NO. The average Bonchev–Trinajstić information content (AvgIpc) is 2.96. The SMILES string of the molecule is O=C1Cc2cc(C3CCCCC3)ccc2N1CCC1CCCCC1. The van der Waals surface area contributed by atoms with Crippen LogP contribution in [0.1, 0.15) is 87.7 Å². The minimum absolute atomic E-state index is 0.321. The summed E-state index contributed by atoms with van der Waals surface area (Å²) in [5.41, 5.74) is 3.97. The molecule has 0 atom stereocenters. The molecule has 1 aromatic rings. The highest BCUT2D eigenvalue weighted by atomic mass is 16.2. The van der Waals surface area contributed by atoms with E-state index in [1.54, 1.807) is 0 Å². The lowest BCUT2D eigenvalue weighted by Crippen LogP contribution is -2.29. The predicted molar refractivity (Wildman–Crippen MR) is 99.5 cm³/mol. The molecule has 1 aromatic carbocycles. The molecule has 0 bridgehead atoms. The van der Waals surface area contributed by atoms with Crippen LogP contribution in [-0.2, 0) is 11.2 Å². The number of fused-ring (bicyclic) bond motifs is 1. The fourth-order valence-electron chi connectivity index (χ4n) is 5.13. The summed E-state index contributed by atoms with van der Waals surface area (Å²) in [4.78, 5) is 14.6. The molecule has 4 rings (SSSR count). The van der Waals surface area contributed by atoms with E-state index < -0.39 is 0 Å². The molecule has 0 radical (unpaired) electrons. The number of nitrogens with zero attached hydrogens (tertiary/aromatic N) is 1. The third-order valence-electron chi connectivity index (χ3n) is 6.60. The van der Waals surface area contributed by atoms with Crippen molar-refractivity contribution in [3.63, 3.8) is 0 Å². The zero-order valence-corrected chi connectivity index (χ0v) is 14.9.